The van der Waals surface area contributed by atoms with Gasteiger partial charge in [-0.3, -0.25) is 19.4 Å². The standard InChI is InChI=1S/C23H22Cl2N4O5/c1-3-29(4-2)19-18(20(30)21(19)31)28-16(23(33)34)9-12-5-7-13(8-6-12)27-22(32)17-14(24)10-26-11-15(17)25/h5-8,10-11,16,28H,3-4,9H2,1-2H3,(H,27,32)(H,33,34)/t16-/m1/s1. The van der Waals surface area contributed by atoms with Crippen LogP contribution in [-0.4, -0.2) is 41.1 Å². The summed E-state index contributed by atoms with van der Waals surface area (Å²) >= 11 is 12.0. The van der Waals surface area contributed by atoms with Crippen molar-refractivity contribution in [2.45, 2.75) is 26.3 Å². The molecule has 1 aromatic heterocycles. The molecule has 0 fully saturated rings. The number of amides is 1. The lowest BCUT2D eigenvalue weighted by Crippen LogP contribution is -2.45. The van der Waals surface area contributed by atoms with Crippen LogP contribution in [0.15, 0.2) is 46.2 Å². The van der Waals surface area contributed by atoms with Crippen LogP contribution in [0, 0.1) is 0 Å². The summed E-state index contributed by atoms with van der Waals surface area (Å²) in [5.41, 5.74) is 0.0765. The average Bonchev–Trinajstić information content (AvgIpc) is 2.81. The molecule has 3 aromatic rings. The summed E-state index contributed by atoms with van der Waals surface area (Å²) in [6.45, 7) is 4.71. The highest BCUT2D eigenvalue weighted by Crippen LogP contribution is 2.25. The van der Waals surface area contributed by atoms with E-state index in [9.17, 15) is 24.3 Å². The Kier molecular flexibility index (Phi) is 7.90. The molecule has 2 aromatic carbocycles. The fourth-order valence-corrected chi connectivity index (χ4v) is 4.05. The molecule has 0 aliphatic heterocycles. The minimum Gasteiger partial charge on any atom is -0.480 e. The summed E-state index contributed by atoms with van der Waals surface area (Å²) in [5, 5.41) is 15.3. The lowest BCUT2D eigenvalue weighted by Gasteiger charge is -2.26. The van der Waals surface area contributed by atoms with E-state index in [-0.39, 0.29) is 33.4 Å². The van der Waals surface area contributed by atoms with Crippen LogP contribution in [0.4, 0.5) is 17.1 Å². The maximum absolute atomic E-state index is 12.5. The number of carbonyl (C=O) groups is 2. The molecule has 1 atom stereocenters. The maximum atomic E-state index is 12.5. The van der Waals surface area contributed by atoms with Gasteiger partial charge in [-0.25, -0.2) is 4.79 Å². The van der Waals surface area contributed by atoms with Crippen LogP contribution in [0.2, 0.25) is 10.0 Å². The molecule has 0 aliphatic carbocycles. The largest absolute Gasteiger partial charge is 0.480 e. The molecule has 0 spiro atoms. The summed E-state index contributed by atoms with van der Waals surface area (Å²) < 4.78 is 0. The summed E-state index contributed by atoms with van der Waals surface area (Å²) in [7, 11) is 0. The van der Waals surface area contributed by atoms with Crippen molar-refractivity contribution in [3.63, 3.8) is 0 Å². The van der Waals surface area contributed by atoms with Crippen LogP contribution in [0.1, 0.15) is 29.8 Å². The summed E-state index contributed by atoms with van der Waals surface area (Å²) in [5.74, 6) is -1.68. The SMILES string of the molecule is CCN(CC)c1c(N[C@H](Cc2ccc(NC(=O)c3c(Cl)cncc3Cl)cc2)C(=O)O)c(=O)c1=O. The number of nitrogens with one attached hydrogen (secondary N) is 2. The van der Waals surface area contributed by atoms with E-state index in [4.69, 9.17) is 23.2 Å². The fourth-order valence-electron chi connectivity index (χ4n) is 3.51. The fraction of sp³-hybridized carbons (Fsp3) is 0.261. The van der Waals surface area contributed by atoms with Gasteiger partial charge in [0, 0.05) is 37.6 Å². The number of carboxylic acids is 1. The predicted molar refractivity (Wildman–Crippen MR) is 132 cm³/mol. The quantitative estimate of drug-likeness (QED) is 0.359. The first-order valence-corrected chi connectivity index (χ1v) is 11.2. The second-order valence-corrected chi connectivity index (χ2v) is 8.24. The molecule has 0 radical (unpaired) electrons. The smallest absolute Gasteiger partial charge is 0.326 e. The van der Waals surface area contributed by atoms with E-state index in [1.54, 1.807) is 29.2 Å². The number of pyridine rings is 1. The zero-order valence-electron chi connectivity index (χ0n) is 18.4. The van der Waals surface area contributed by atoms with Crippen molar-refractivity contribution in [2.24, 2.45) is 0 Å². The van der Waals surface area contributed by atoms with Crippen LogP contribution >= 0.6 is 23.2 Å². The Hall–Kier alpha value is -3.43. The molecule has 34 heavy (non-hydrogen) atoms. The minimum atomic E-state index is -1.17. The molecular weight excluding hydrogens is 483 g/mol. The lowest BCUT2D eigenvalue weighted by atomic mass is 10.0. The van der Waals surface area contributed by atoms with Gasteiger partial charge in [-0.2, -0.15) is 0 Å². The Balaban J connectivity index is 1.73. The number of rotatable bonds is 10. The molecule has 1 amide bonds. The molecule has 0 aliphatic rings. The van der Waals surface area contributed by atoms with Gasteiger partial charge >= 0.3 is 5.97 Å². The number of hydrogen-bond donors (Lipinski definition) is 3. The Bertz CT molecular complexity index is 1260. The van der Waals surface area contributed by atoms with E-state index in [1.807, 2.05) is 13.8 Å². The Labute approximate surface area is 205 Å². The van der Waals surface area contributed by atoms with E-state index in [1.165, 1.54) is 12.4 Å². The molecule has 3 N–H and O–H groups in total. The zero-order valence-corrected chi connectivity index (χ0v) is 19.9. The summed E-state index contributed by atoms with van der Waals surface area (Å²) in [6.07, 6.45) is 2.67. The van der Waals surface area contributed by atoms with Crippen LogP contribution in [0.3, 0.4) is 0 Å². The first kappa shape index (κ1) is 25.2. The van der Waals surface area contributed by atoms with Crippen LogP contribution < -0.4 is 26.4 Å². The van der Waals surface area contributed by atoms with E-state index >= 15 is 0 Å². The molecule has 0 bridgehead atoms. The first-order chi connectivity index (χ1) is 16.2. The Morgan fingerprint density at radius 1 is 1.03 bits per heavy atom. The molecule has 11 heteroatoms. The summed E-state index contributed by atoms with van der Waals surface area (Å²) in [6, 6.07) is 5.38. The topological polar surface area (TPSA) is 129 Å². The highest BCUT2D eigenvalue weighted by Gasteiger charge is 2.29. The van der Waals surface area contributed by atoms with Crippen LogP contribution in [0.25, 0.3) is 0 Å². The number of aliphatic carboxylic acids is 1. The van der Waals surface area contributed by atoms with Gasteiger partial charge in [0.2, 0.25) is 0 Å². The Morgan fingerprint density at radius 2 is 1.62 bits per heavy atom. The van der Waals surface area contributed by atoms with Gasteiger partial charge < -0.3 is 20.6 Å². The normalized spacial score (nSPS) is 11.8. The number of benzene rings is 1. The van der Waals surface area contributed by atoms with Gasteiger partial charge in [-0.1, -0.05) is 35.3 Å². The monoisotopic (exact) mass is 504 g/mol. The van der Waals surface area contributed by atoms with Gasteiger partial charge in [0.15, 0.2) is 0 Å². The van der Waals surface area contributed by atoms with E-state index in [2.05, 4.69) is 15.6 Å². The van der Waals surface area contributed by atoms with Gasteiger partial charge in [0.25, 0.3) is 16.8 Å². The van der Waals surface area contributed by atoms with Gasteiger partial charge in [0.05, 0.1) is 15.6 Å². The van der Waals surface area contributed by atoms with Crippen molar-refractivity contribution < 1.29 is 14.7 Å². The van der Waals surface area contributed by atoms with Crippen molar-refractivity contribution in [1.82, 2.24) is 4.98 Å². The second kappa shape index (κ2) is 10.7. The molecule has 0 saturated carbocycles. The number of halogens is 2. The van der Waals surface area contributed by atoms with Crippen LogP contribution in [-0.2, 0) is 11.2 Å². The first-order valence-electron chi connectivity index (χ1n) is 10.4. The van der Waals surface area contributed by atoms with E-state index in [0.29, 0.717) is 24.3 Å². The number of carbonyl (C=O) groups excluding carboxylic acids is 1. The van der Waals surface area contributed by atoms with Crippen LogP contribution in [0.5, 0.6) is 0 Å². The Morgan fingerprint density at radius 3 is 2.15 bits per heavy atom. The molecule has 9 nitrogen and oxygen atoms in total. The van der Waals surface area contributed by atoms with E-state index < -0.39 is 28.8 Å². The van der Waals surface area contributed by atoms with Crippen molar-refractivity contribution >= 4 is 52.1 Å². The zero-order chi connectivity index (χ0) is 25.0. The highest BCUT2D eigenvalue weighted by molar-refractivity contribution is 6.40. The van der Waals surface area contributed by atoms with Crippen molar-refractivity contribution in [2.75, 3.05) is 28.6 Å². The number of aromatic nitrogens is 1. The van der Waals surface area contributed by atoms with E-state index in [0.717, 1.165) is 0 Å². The number of carboxylic acid groups (broad SMARTS) is 1. The highest BCUT2D eigenvalue weighted by atomic mass is 35.5. The minimum absolute atomic E-state index is 0.0242. The molecule has 0 saturated heterocycles. The number of nitrogens with zero attached hydrogens (tertiary/aromatic N) is 2. The third-order valence-corrected chi connectivity index (χ3v) is 5.89. The van der Waals surface area contributed by atoms with Crippen molar-refractivity contribution in [1.29, 1.82) is 0 Å². The number of hydrogen-bond acceptors (Lipinski definition) is 7. The molecule has 178 valence electrons. The maximum Gasteiger partial charge on any atom is 0.326 e. The summed E-state index contributed by atoms with van der Waals surface area (Å²) in [4.78, 5) is 53.9. The molecular formula is C23H22Cl2N4O5. The van der Waals surface area contributed by atoms with Gasteiger partial charge in [-0.15, -0.1) is 0 Å². The van der Waals surface area contributed by atoms with Crippen molar-refractivity contribution in [3.05, 3.63) is 78.3 Å². The van der Waals surface area contributed by atoms with Gasteiger partial charge in [-0.05, 0) is 31.5 Å². The average molecular weight is 505 g/mol. The third kappa shape index (κ3) is 5.21. The predicted octanol–water partition coefficient (Wildman–Crippen LogP) is 3.19. The second-order valence-electron chi connectivity index (χ2n) is 7.42. The molecule has 3 rings (SSSR count). The molecule has 0 unspecified atom stereocenters. The third-order valence-electron chi connectivity index (χ3n) is 5.31. The molecule has 1 heterocycles. The van der Waals surface area contributed by atoms with Gasteiger partial charge in [0.1, 0.15) is 17.4 Å². The lowest BCUT2D eigenvalue weighted by molar-refractivity contribution is -0.137. The number of anilines is 3. The van der Waals surface area contributed by atoms with Crippen molar-refractivity contribution in [3.8, 4) is 0 Å².